The molecule has 35 heavy (non-hydrogen) atoms. The summed E-state index contributed by atoms with van der Waals surface area (Å²) in [5.41, 5.74) is 5.26. The Bertz CT molecular complexity index is 1110. The van der Waals surface area contributed by atoms with Gasteiger partial charge in [-0.3, -0.25) is 9.78 Å². The second kappa shape index (κ2) is 12.3. The summed E-state index contributed by atoms with van der Waals surface area (Å²) < 4.78 is 8.77. The average Bonchev–Trinajstić information content (AvgIpc) is 2.84. The average molecular weight is 593 g/mol. The Kier molecular flexibility index (Phi) is 9.40. The van der Waals surface area contributed by atoms with E-state index in [4.69, 9.17) is 15.1 Å². The number of rotatable bonds is 9. The molecule has 11 heteroatoms. The van der Waals surface area contributed by atoms with Gasteiger partial charge in [0.25, 0.3) is 5.91 Å². The minimum atomic E-state index is -0.339. The summed E-state index contributed by atoms with van der Waals surface area (Å²) in [6, 6.07) is 4.13. The van der Waals surface area contributed by atoms with Crippen LogP contribution in [0.1, 0.15) is 26.5 Å². The fourth-order valence-corrected chi connectivity index (χ4v) is 4.21. The molecule has 1 aliphatic rings. The monoisotopic (exact) mass is 593 g/mol. The Labute approximate surface area is 220 Å². The van der Waals surface area contributed by atoms with Crippen molar-refractivity contribution < 1.29 is 14.8 Å². The molecule has 1 amide bonds. The van der Waals surface area contributed by atoms with Crippen molar-refractivity contribution >= 4 is 57.4 Å². The van der Waals surface area contributed by atoms with E-state index in [1.807, 2.05) is 45.3 Å². The van der Waals surface area contributed by atoms with Crippen LogP contribution in [0, 0.1) is 12.3 Å². The van der Waals surface area contributed by atoms with Crippen molar-refractivity contribution in [1.29, 1.82) is 5.41 Å². The van der Waals surface area contributed by atoms with Gasteiger partial charge in [-0.1, -0.05) is 0 Å². The number of morpholine rings is 1. The maximum Gasteiger partial charge on any atom is 0.262 e. The smallest absolute Gasteiger partial charge is 0.262 e. The highest BCUT2D eigenvalue weighted by atomic mass is 127. The summed E-state index contributed by atoms with van der Waals surface area (Å²) in [6.07, 6.45) is 3.33. The summed E-state index contributed by atoms with van der Waals surface area (Å²) in [7, 11) is 1.88. The normalized spacial score (nSPS) is 14.1. The summed E-state index contributed by atoms with van der Waals surface area (Å²) in [5, 5.41) is 16.1. The highest BCUT2D eigenvalue weighted by molar-refractivity contribution is 14.1. The molecule has 2 aromatic rings. The van der Waals surface area contributed by atoms with Gasteiger partial charge in [-0.25, -0.2) is 4.98 Å². The Morgan fingerprint density at radius 3 is 2.63 bits per heavy atom. The summed E-state index contributed by atoms with van der Waals surface area (Å²) in [4.78, 5) is 24.6. The van der Waals surface area contributed by atoms with Crippen molar-refractivity contribution in [3.63, 3.8) is 0 Å². The number of amides is 1. The molecule has 2 aromatic heterocycles. The molecule has 10 nitrogen and oxygen atoms in total. The first kappa shape index (κ1) is 26.8. The Balaban J connectivity index is 1.99. The first-order chi connectivity index (χ1) is 16.7. The van der Waals surface area contributed by atoms with Crippen molar-refractivity contribution in [2.75, 3.05) is 52.4 Å². The van der Waals surface area contributed by atoms with Gasteiger partial charge in [-0.05, 0) is 39.8 Å². The lowest BCUT2D eigenvalue weighted by Crippen LogP contribution is -2.83. The number of hydrogen-bond donors (Lipinski definition) is 5. The fourth-order valence-electron chi connectivity index (χ4n) is 3.68. The number of carbonyl (C=O) groups excluding carboxylic acids is 1. The Hall–Kier alpha value is -2.77. The number of halogens is 1. The molecule has 1 saturated heterocycles. The van der Waals surface area contributed by atoms with Crippen LogP contribution in [0.5, 0.6) is 0 Å². The number of nitrogens with one attached hydrogen (secondary N) is 4. The maximum absolute atomic E-state index is 12.9. The number of ether oxygens (including phenoxy) is 1. The molecule has 0 unspecified atom stereocenters. The molecule has 188 valence electrons. The van der Waals surface area contributed by atoms with Gasteiger partial charge in [-0.15, -0.1) is 0 Å². The lowest BCUT2D eigenvalue weighted by Gasteiger charge is -2.30. The van der Waals surface area contributed by atoms with Gasteiger partial charge >= 0.3 is 0 Å². The van der Waals surface area contributed by atoms with E-state index in [0.717, 1.165) is 47.2 Å². The van der Waals surface area contributed by atoms with Crippen molar-refractivity contribution in [1.82, 2.24) is 9.97 Å². The molecule has 3 heterocycles. The van der Waals surface area contributed by atoms with Crippen LogP contribution in [0.3, 0.4) is 0 Å². The van der Waals surface area contributed by atoms with E-state index in [0.29, 0.717) is 24.5 Å². The highest BCUT2D eigenvalue weighted by Crippen LogP contribution is 2.37. The molecular weight excluding hydrogens is 559 g/mol. The molecule has 0 aliphatic carbocycles. The fraction of sp³-hybridized carbons (Fsp3) is 0.417. The van der Waals surface area contributed by atoms with Gasteiger partial charge in [0.05, 0.1) is 65.4 Å². The van der Waals surface area contributed by atoms with E-state index in [9.17, 15) is 4.79 Å². The number of aryl methyl sites for hydroxylation is 1. The summed E-state index contributed by atoms with van der Waals surface area (Å²) in [6.45, 7) is 10.4. The molecule has 1 fully saturated rings. The lowest BCUT2D eigenvalue weighted by atomic mass is 10.1. The predicted molar refractivity (Wildman–Crippen MR) is 150 cm³/mol. The maximum atomic E-state index is 12.9. The van der Waals surface area contributed by atoms with E-state index in [1.165, 1.54) is 0 Å². The standard InChI is InChI=1S/C24H33IN8O2/c1-14(2)28-13-19(15(3)26)24(34)30-17-10-18(16(4)29-12-17)20-11-21(27-5)22(32-25)23(31-20)33-6-8-35-9-7-33/h10-14,26,28,32H,6-9H2,1-5H3,(H,27,31)(H,30,34)/p+1. The van der Waals surface area contributed by atoms with Gasteiger partial charge in [-0.2, -0.15) is 0 Å². The van der Waals surface area contributed by atoms with Gasteiger partial charge in [0.15, 0.2) is 5.82 Å². The minimum Gasteiger partial charge on any atom is -0.386 e. The van der Waals surface area contributed by atoms with Crippen LogP contribution in [-0.4, -0.2) is 61.0 Å². The summed E-state index contributed by atoms with van der Waals surface area (Å²) >= 11 is 2.12. The van der Waals surface area contributed by atoms with Crippen LogP contribution in [0.2, 0.25) is 0 Å². The van der Waals surface area contributed by atoms with Crippen molar-refractivity contribution in [2.24, 2.45) is 0 Å². The van der Waals surface area contributed by atoms with Crippen molar-refractivity contribution in [3.05, 3.63) is 35.8 Å². The Morgan fingerprint density at radius 2 is 2.03 bits per heavy atom. The lowest BCUT2D eigenvalue weighted by molar-refractivity contribution is -0.619. The number of nitrogens with zero attached hydrogens (tertiary/aromatic N) is 3. The van der Waals surface area contributed by atoms with Crippen LogP contribution >= 0.6 is 22.9 Å². The summed E-state index contributed by atoms with van der Waals surface area (Å²) in [5.74, 6) is 0.501. The number of anilines is 4. The molecule has 0 aromatic carbocycles. The molecular formula is C24H34IN8O2+. The molecule has 0 bridgehead atoms. The van der Waals surface area contributed by atoms with Crippen LogP contribution in [0.25, 0.3) is 11.3 Å². The van der Waals surface area contributed by atoms with Gasteiger partial charge in [0.1, 0.15) is 17.5 Å². The molecule has 0 saturated carbocycles. The first-order valence-electron chi connectivity index (χ1n) is 11.6. The van der Waals surface area contributed by atoms with Gasteiger partial charge in [0, 0.05) is 37.1 Å². The van der Waals surface area contributed by atoms with E-state index in [2.05, 4.69) is 46.9 Å². The molecule has 0 radical (unpaired) electrons. The van der Waals surface area contributed by atoms with Crippen LogP contribution in [0.15, 0.2) is 30.1 Å². The number of quaternary nitrogens is 1. The van der Waals surface area contributed by atoms with Gasteiger partial charge < -0.3 is 34.5 Å². The third-order valence-corrected chi connectivity index (χ3v) is 6.13. The zero-order valence-electron chi connectivity index (χ0n) is 20.8. The second-order valence-corrected chi connectivity index (χ2v) is 9.19. The molecule has 0 spiro atoms. The van der Waals surface area contributed by atoms with E-state index in [-0.39, 0.29) is 17.7 Å². The predicted octanol–water partition coefficient (Wildman–Crippen LogP) is 2.93. The third kappa shape index (κ3) is 6.67. The number of nitrogens with two attached hydrogens (primary N) is 1. The molecule has 0 atom stereocenters. The van der Waals surface area contributed by atoms with E-state index in [1.54, 1.807) is 19.3 Å². The number of pyridine rings is 2. The molecule has 3 rings (SSSR count). The number of hydrogen-bond acceptors (Lipinski definition) is 8. The van der Waals surface area contributed by atoms with E-state index >= 15 is 0 Å². The molecule has 6 N–H and O–H groups in total. The topological polar surface area (TPSA) is 132 Å². The zero-order valence-corrected chi connectivity index (χ0v) is 23.0. The van der Waals surface area contributed by atoms with Gasteiger partial charge in [0.2, 0.25) is 0 Å². The minimum absolute atomic E-state index is 0.206. The first-order valence-corrected chi connectivity index (χ1v) is 12.6. The van der Waals surface area contributed by atoms with E-state index < -0.39 is 0 Å². The third-order valence-electron chi connectivity index (χ3n) is 5.59. The quantitative estimate of drug-likeness (QED) is 0.131. The largest absolute Gasteiger partial charge is 0.386 e. The second-order valence-electron chi connectivity index (χ2n) is 8.65. The Morgan fingerprint density at radius 1 is 1.31 bits per heavy atom. The van der Waals surface area contributed by atoms with Crippen LogP contribution in [-0.2, 0) is 9.53 Å². The van der Waals surface area contributed by atoms with Crippen LogP contribution < -0.4 is 24.4 Å². The van der Waals surface area contributed by atoms with Crippen molar-refractivity contribution in [2.45, 2.75) is 33.7 Å². The van der Waals surface area contributed by atoms with Crippen molar-refractivity contribution in [3.8, 4) is 11.3 Å². The SMILES string of the molecule is CNc1cc(-c2cc(NC(=O)C(=C[NH2+]C(C)C)C(C)=N)cnc2C)nc(N2CCOCC2)c1NI. The highest BCUT2D eigenvalue weighted by Gasteiger charge is 2.22. The van der Waals surface area contributed by atoms with Crippen LogP contribution in [0.4, 0.5) is 22.9 Å². The number of aromatic nitrogens is 2. The number of carbonyl (C=O) groups is 1. The molecule has 1 aliphatic heterocycles. The zero-order chi connectivity index (χ0) is 25.5.